The molecule has 2 aromatic carbocycles. The highest BCUT2D eigenvalue weighted by Crippen LogP contribution is 2.30. The van der Waals surface area contributed by atoms with Gasteiger partial charge in [0.2, 0.25) is 0 Å². The van der Waals surface area contributed by atoms with E-state index in [-0.39, 0.29) is 5.56 Å². The number of pyridine rings is 1. The van der Waals surface area contributed by atoms with Crippen LogP contribution in [0.5, 0.6) is 0 Å². The molecule has 0 amide bonds. The summed E-state index contributed by atoms with van der Waals surface area (Å²) in [5.74, 6) is 0.646. The monoisotopic (exact) mass is 488 g/mol. The number of hydrogen-bond acceptors (Lipinski definition) is 6. The first-order valence-corrected chi connectivity index (χ1v) is 12.6. The number of aryl methyl sites for hydroxylation is 2. The molecule has 0 bridgehead atoms. The van der Waals surface area contributed by atoms with Gasteiger partial charge in [-0.3, -0.25) is 18.9 Å². The Balaban J connectivity index is 1.77. The van der Waals surface area contributed by atoms with Gasteiger partial charge in [-0.15, -0.1) is 0 Å². The molecule has 8 heteroatoms. The minimum Gasteiger partial charge on any atom is -0.275 e. The van der Waals surface area contributed by atoms with Crippen LogP contribution in [0, 0.1) is 17.8 Å². The second-order valence-corrected chi connectivity index (χ2v) is 10.2. The summed E-state index contributed by atoms with van der Waals surface area (Å²) in [6.07, 6.45) is 3.59. The third-order valence-corrected chi connectivity index (χ3v) is 7.74. The third kappa shape index (κ3) is 4.06. The smallest absolute Gasteiger partial charge is 0.275 e. The van der Waals surface area contributed by atoms with Crippen LogP contribution >= 0.6 is 35.3 Å². The second kappa shape index (κ2) is 9.05. The van der Waals surface area contributed by atoms with Crippen molar-refractivity contribution in [3.63, 3.8) is 0 Å². The quantitative estimate of drug-likeness (QED) is 0.166. The second-order valence-electron chi connectivity index (χ2n) is 7.61. The van der Waals surface area contributed by atoms with Gasteiger partial charge in [0.15, 0.2) is 14.8 Å². The Hall–Kier alpha value is -3.07. The van der Waals surface area contributed by atoms with Crippen LogP contribution in [-0.2, 0) is 5.75 Å². The number of nitrogens with zero attached hydrogens (tertiary/aromatic N) is 4. The molecule has 0 aliphatic rings. The van der Waals surface area contributed by atoms with Gasteiger partial charge in [0.25, 0.3) is 5.56 Å². The molecule has 0 atom stereocenters. The molecule has 0 saturated carbocycles. The Morgan fingerprint density at radius 1 is 0.939 bits per heavy atom. The fraction of sp³-hybridized carbons (Fsp3) is 0.120. The van der Waals surface area contributed by atoms with Crippen LogP contribution in [0.25, 0.3) is 21.7 Å². The Labute approximate surface area is 204 Å². The predicted octanol–water partition coefficient (Wildman–Crippen LogP) is 6.27. The lowest BCUT2D eigenvalue weighted by atomic mass is 10.2. The molecule has 0 N–H and O–H groups in total. The molecule has 33 heavy (non-hydrogen) atoms. The highest BCUT2D eigenvalue weighted by molar-refractivity contribution is 7.98. The molecular weight excluding hydrogens is 469 g/mol. The van der Waals surface area contributed by atoms with Gasteiger partial charge >= 0.3 is 0 Å². The summed E-state index contributed by atoms with van der Waals surface area (Å²) in [5, 5.41) is 0.626. The zero-order chi connectivity index (χ0) is 22.9. The van der Waals surface area contributed by atoms with E-state index in [2.05, 4.69) is 4.98 Å². The molecule has 0 unspecified atom stereocenters. The first-order chi connectivity index (χ1) is 16.0. The fourth-order valence-corrected chi connectivity index (χ4v) is 5.94. The molecule has 5 aromatic rings. The lowest BCUT2D eigenvalue weighted by Gasteiger charge is -2.15. The molecule has 0 radical (unpaired) electrons. The number of fused-ring (bicyclic) bond motifs is 1. The van der Waals surface area contributed by atoms with Crippen LogP contribution in [0.4, 0.5) is 0 Å². The zero-order valence-electron chi connectivity index (χ0n) is 18.1. The Morgan fingerprint density at radius 3 is 2.24 bits per heavy atom. The number of hydrogen-bond donors (Lipinski definition) is 0. The number of thiazole rings is 1. The van der Waals surface area contributed by atoms with E-state index in [9.17, 15) is 4.79 Å². The van der Waals surface area contributed by atoms with Gasteiger partial charge in [0, 0.05) is 18.1 Å². The van der Waals surface area contributed by atoms with Crippen molar-refractivity contribution in [1.82, 2.24) is 19.1 Å². The van der Waals surface area contributed by atoms with E-state index in [0.29, 0.717) is 25.2 Å². The largest absolute Gasteiger partial charge is 0.278 e. The van der Waals surface area contributed by atoms with Gasteiger partial charge in [-0.05, 0) is 61.0 Å². The van der Waals surface area contributed by atoms with Crippen molar-refractivity contribution < 1.29 is 0 Å². The summed E-state index contributed by atoms with van der Waals surface area (Å²) in [6.45, 7) is 4.04. The Kier molecular flexibility index (Phi) is 5.97. The van der Waals surface area contributed by atoms with Crippen LogP contribution in [-0.4, -0.2) is 19.1 Å². The van der Waals surface area contributed by atoms with Crippen LogP contribution in [0.1, 0.15) is 16.7 Å². The SMILES string of the molecule is Cc1ccccc1-n1c(SCc2cccnc2)nc2c(sc(=S)n2-c2ccccc2C)c1=O. The van der Waals surface area contributed by atoms with Crippen LogP contribution in [0.15, 0.2) is 83.0 Å². The highest BCUT2D eigenvalue weighted by Gasteiger charge is 2.20. The van der Waals surface area contributed by atoms with E-state index in [1.54, 1.807) is 10.8 Å². The number of aromatic nitrogens is 4. The molecule has 5 nitrogen and oxygen atoms in total. The van der Waals surface area contributed by atoms with Crippen molar-refractivity contribution in [3.05, 3.63) is 104 Å². The number of rotatable bonds is 5. The average molecular weight is 489 g/mol. The number of benzene rings is 2. The van der Waals surface area contributed by atoms with Gasteiger partial charge in [0.05, 0.1) is 11.4 Å². The molecule has 3 heterocycles. The molecule has 0 spiro atoms. The summed E-state index contributed by atoms with van der Waals surface area (Å²) in [7, 11) is 0. The average Bonchev–Trinajstić information content (AvgIpc) is 3.15. The topological polar surface area (TPSA) is 52.7 Å². The molecule has 3 aromatic heterocycles. The summed E-state index contributed by atoms with van der Waals surface area (Å²) >= 11 is 8.53. The number of thioether (sulfide) groups is 1. The lowest BCUT2D eigenvalue weighted by Crippen LogP contribution is -2.22. The molecule has 0 aliphatic heterocycles. The van der Waals surface area contributed by atoms with Crippen molar-refractivity contribution >= 4 is 45.7 Å². The maximum absolute atomic E-state index is 13.8. The highest BCUT2D eigenvalue weighted by atomic mass is 32.2. The molecule has 0 aliphatic carbocycles. The van der Waals surface area contributed by atoms with E-state index in [1.165, 1.54) is 23.1 Å². The molecule has 5 rings (SSSR count). The predicted molar refractivity (Wildman–Crippen MR) is 139 cm³/mol. The van der Waals surface area contributed by atoms with E-state index < -0.39 is 0 Å². The Bertz CT molecular complexity index is 1590. The first-order valence-electron chi connectivity index (χ1n) is 10.4. The van der Waals surface area contributed by atoms with Crippen molar-refractivity contribution in [2.75, 3.05) is 0 Å². The van der Waals surface area contributed by atoms with Crippen molar-refractivity contribution in [2.24, 2.45) is 0 Å². The zero-order valence-corrected chi connectivity index (χ0v) is 20.5. The van der Waals surface area contributed by atoms with Crippen molar-refractivity contribution in [3.8, 4) is 11.4 Å². The van der Waals surface area contributed by atoms with Gasteiger partial charge in [-0.1, -0.05) is 65.6 Å². The van der Waals surface area contributed by atoms with Gasteiger partial charge in [0.1, 0.15) is 4.70 Å². The minimum absolute atomic E-state index is 0.105. The summed E-state index contributed by atoms with van der Waals surface area (Å²) < 4.78 is 4.79. The fourth-order valence-electron chi connectivity index (χ4n) is 3.72. The minimum atomic E-state index is -0.105. The molecule has 164 valence electrons. The Morgan fingerprint density at radius 2 is 1.61 bits per heavy atom. The molecular formula is C25H20N4OS3. The maximum Gasteiger partial charge on any atom is 0.278 e. The first kappa shape index (κ1) is 21.8. The van der Waals surface area contributed by atoms with Crippen molar-refractivity contribution in [1.29, 1.82) is 0 Å². The van der Waals surface area contributed by atoms with Gasteiger partial charge < -0.3 is 0 Å². The van der Waals surface area contributed by atoms with Crippen LogP contribution in [0.3, 0.4) is 0 Å². The lowest BCUT2D eigenvalue weighted by molar-refractivity contribution is 0.806. The van der Waals surface area contributed by atoms with Crippen molar-refractivity contribution in [2.45, 2.75) is 24.8 Å². The summed E-state index contributed by atoms with van der Waals surface area (Å²) in [4.78, 5) is 23.1. The number of para-hydroxylation sites is 2. The van der Waals surface area contributed by atoms with E-state index >= 15 is 0 Å². The van der Waals surface area contributed by atoms with E-state index in [1.807, 2.05) is 85.3 Å². The molecule has 0 saturated heterocycles. The maximum atomic E-state index is 13.8. The standard InChI is InChI=1S/C25H20N4OS3/c1-16-8-3-5-11-19(16)28-22-21(33-25(28)31)23(30)29(20-12-6-4-9-17(20)2)24(27-22)32-15-18-10-7-13-26-14-18/h3-14H,15H2,1-2H3. The summed E-state index contributed by atoms with van der Waals surface area (Å²) in [6, 6.07) is 19.8. The molecule has 0 fully saturated rings. The van der Waals surface area contributed by atoms with Gasteiger partial charge in [-0.25, -0.2) is 4.98 Å². The third-order valence-electron chi connectivity index (χ3n) is 5.38. The van der Waals surface area contributed by atoms with E-state index in [4.69, 9.17) is 17.2 Å². The normalized spacial score (nSPS) is 11.2. The van der Waals surface area contributed by atoms with E-state index in [0.717, 1.165) is 28.1 Å². The van der Waals surface area contributed by atoms with Crippen LogP contribution < -0.4 is 5.56 Å². The van der Waals surface area contributed by atoms with Crippen LogP contribution in [0.2, 0.25) is 0 Å². The summed E-state index contributed by atoms with van der Waals surface area (Å²) in [5.41, 5.74) is 5.40. The van der Waals surface area contributed by atoms with Gasteiger partial charge in [-0.2, -0.15) is 0 Å².